The van der Waals surface area contributed by atoms with Crippen molar-refractivity contribution < 1.29 is 4.74 Å². The largest absolute Gasteiger partial charge is 0.494 e. The summed E-state index contributed by atoms with van der Waals surface area (Å²) in [5.41, 5.74) is 4.73. The van der Waals surface area contributed by atoms with Gasteiger partial charge in [0, 0.05) is 23.7 Å². The number of ether oxygens (including phenoxy) is 1. The van der Waals surface area contributed by atoms with Crippen molar-refractivity contribution in [1.29, 1.82) is 0 Å². The van der Waals surface area contributed by atoms with Gasteiger partial charge < -0.3 is 4.74 Å². The van der Waals surface area contributed by atoms with Crippen molar-refractivity contribution in [2.45, 2.75) is 33.1 Å². The first-order chi connectivity index (χ1) is 20.5. The lowest BCUT2D eigenvalue weighted by Gasteiger charge is -2.09. The second kappa shape index (κ2) is 11.9. The summed E-state index contributed by atoms with van der Waals surface area (Å²) in [5, 5.41) is 9.34. The minimum absolute atomic E-state index is 0.231. The van der Waals surface area contributed by atoms with E-state index in [1.54, 1.807) is 10.8 Å². The number of benzene rings is 3. The number of nitrogens with zero attached hydrogens (tertiary/aromatic N) is 5. The summed E-state index contributed by atoms with van der Waals surface area (Å²) in [7, 11) is 0. The van der Waals surface area contributed by atoms with Gasteiger partial charge in [0.25, 0.3) is 11.1 Å². The Morgan fingerprint density at radius 2 is 1.71 bits per heavy atom. The Balaban J connectivity index is 1.45. The van der Waals surface area contributed by atoms with Crippen LogP contribution in [-0.2, 0) is 6.42 Å². The summed E-state index contributed by atoms with van der Waals surface area (Å²) in [6, 6.07) is 25.3. The quantitative estimate of drug-likeness (QED) is 0.226. The molecular weight excluding hydrogens is 546 g/mol. The van der Waals surface area contributed by atoms with Gasteiger partial charge in [-0.3, -0.25) is 9.59 Å². The summed E-state index contributed by atoms with van der Waals surface area (Å²) in [4.78, 5) is 30.7. The lowest BCUT2D eigenvalue weighted by molar-refractivity contribution is 0.309. The third-order valence-corrected chi connectivity index (χ3v) is 7.89. The van der Waals surface area contributed by atoms with E-state index in [1.807, 2.05) is 92.0 Å². The van der Waals surface area contributed by atoms with Gasteiger partial charge in [0.2, 0.25) is 4.96 Å². The number of unbranched alkanes of at least 4 members (excludes halogenated alkanes) is 1. The Hall–Kier alpha value is -4.89. The van der Waals surface area contributed by atoms with E-state index in [4.69, 9.17) is 9.84 Å². The number of fused-ring (bicyclic) bond motifs is 1. The van der Waals surface area contributed by atoms with Crippen molar-refractivity contribution in [1.82, 2.24) is 24.4 Å². The second-order valence-corrected chi connectivity index (χ2v) is 11.0. The Morgan fingerprint density at radius 3 is 2.45 bits per heavy atom. The van der Waals surface area contributed by atoms with Gasteiger partial charge in [-0.05, 0) is 60.9 Å². The lowest BCUT2D eigenvalue weighted by atomic mass is 10.0. The molecule has 3 aromatic carbocycles. The Morgan fingerprint density at radius 1 is 0.952 bits per heavy atom. The van der Waals surface area contributed by atoms with Gasteiger partial charge in [0.1, 0.15) is 17.1 Å². The molecule has 3 aromatic heterocycles. The smallest absolute Gasteiger partial charge is 0.296 e. The van der Waals surface area contributed by atoms with Crippen molar-refractivity contribution >= 4 is 22.4 Å². The van der Waals surface area contributed by atoms with Gasteiger partial charge in [-0.25, -0.2) is 4.68 Å². The highest BCUT2D eigenvalue weighted by molar-refractivity contribution is 7.15. The molecule has 0 saturated heterocycles. The van der Waals surface area contributed by atoms with Crippen LogP contribution in [0.1, 0.15) is 42.1 Å². The van der Waals surface area contributed by atoms with Crippen LogP contribution in [0, 0.1) is 6.92 Å². The van der Waals surface area contributed by atoms with E-state index in [-0.39, 0.29) is 16.2 Å². The van der Waals surface area contributed by atoms with E-state index in [2.05, 4.69) is 17.0 Å². The highest BCUT2D eigenvalue weighted by Gasteiger charge is 2.16. The Labute approximate surface area is 246 Å². The number of aryl methyl sites for hydroxylation is 1. The Kier molecular flexibility index (Phi) is 7.74. The highest BCUT2D eigenvalue weighted by Crippen LogP contribution is 2.30. The first kappa shape index (κ1) is 27.3. The Bertz CT molecular complexity index is 2030. The van der Waals surface area contributed by atoms with Crippen LogP contribution < -0.4 is 20.4 Å². The molecule has 210 valence electrons. The van der Waals surface area contributed by atoms with Crippen LogP contribution in [0.4, 0.5) is 0 Å². The van der Waals surface area contributed by atoms with Crippen LogP contribution in [0.3, 0.4) is 0 Å². The van der Waals surface area contributed by atoms with Crippen molar-refractivity contribution in [2.24, 2.45) is 0 Å². The molecule has 0 atom stereocenters. The summed E-state index contributed by atoms with van der Waals surface area (Å²) >= 11 is 1.14. The molecule has 0 bridgehead atoms. The van der Waals surface area contributed by atoms with Gasteiger partial charge in [0.15, 0.2) is 0 Å². The van der Waals surface area contributed by atoms with Crippen LogP contribution in [0.2, 0.25) is 0 Å². The molecule has 0 unspecified atom stereocenters. The normalized spacial score (nSPS) is 11.8. The molecule has 0 aliphatic rings. The fraction of sp³-hybridized carbons (Fsp3) is 0.182. The monoisotopic (exact) mass is 575 g/mol. The summed E-state index contributed by atoms with van der Waals surface area (Å²) in [6.07, 6.45) is 6.08. The summed E-state index contributed by atoms with van der Waals surface area (Å²) in [6.45, 7) is 4.84. The van der Waals surface area contributed by atoms with E-state index in [0.717, 1.165) is 63.6 Å². The van der Waals surface area contributed by atoms with E-state index >= 15 is 0 Å². The molecule has 0 aliphatic heterocycles. The zero-order valence-electron chi connectivity index (χ0n) is 23.4. The van der Waals surface area contributed by atoms with Crippen molar-refractivity contribution in [3.63, 3.8) is 0 Å². The molecule has 0 amide bonds. The van der Waals surface area contributed by atoms with Crippen LogP contribution in [0.5, 0.6) is 5.75 Å². The van der Waals surface area contributed by atoms with E-state index in [1.165, 1.54) is 4.52 Å². The predicted molar refractivity (Wildman–Crippen MR) is 166 cm³/mol. The fourth-order valence-corrected chi connectivity index (χ4v) is 5.62. The molecule has 6 aromatic rings. The van der Waals surface area contributed by atoms with Gasteiger partial charge in [0.05, 0.1) is 16.8 Å². The average molecular weight is 576 g/mol. The van der Waals surface area contributed by atoms with Crippen LogP contribution in [-0.4, -0.2) is 31.0 Å². The topological polar surface area (TPSA) is 91.4 Å². The van der Waals surface area contributed by atoms with Gasteiger partial charge in [-0.2, -0.15) is 19.7 Å². The molecule has 42 heavy (non-hydrogen) atoms. The molecule has 0 saturated carbocycles. The number of aromatic nitrogens is 5. The number of rotatable bonds is 9. The van der Waals surface area contributed by atoms with Crippen molar-refractivity contribution in [2.75, 3.05) is 6.61 Å². The minimum atomic E-state index is -0.430. The fourth-order valence-electron chi connectivity index (χ4n) is 4.72. The maximum absolute atomic E-state index is 13.5. The number of hydrogen-bond donors (Lipinski definition) is 0. The summed E-state index contributed by atoms with van der Waals surface area (Å²) < 4.78 is 9.36. The zero-order valence-corrected chi connectivity index (χ0v) is 24.2. The van der Waals surface area contributed by atoms with Crippen LogP contribution in [0.25, 0.3) is 28.0 Å². The second-order valence-electron chi connectivity index (χ2n) is 10.0. The molecule has 6 rings (SSSR count). The molecule has 0 spiro atoms. The SMILES string of the molecule is CCCCOc1ccc(-c2nn(-c3ccccc3)cc2/C=c2\sc3nc(=O)c(Cc4ccccc4)nn3c2=O)c(C)c1. The van der Waals surface area contributed by atoms with E-state index in [0.29, 0.717) is 17.6 Å². The van der Waals surface area contributed by atoms with Crippen LogP contribution >= 0.6 is 11.3 Å². The molecule has 0 fully saturated rings. The lowest BCUT2D eigenvalue weighted by Crippen LogP contribution is -2.28. The number of para-hydroxylation sites is 1. The van der Waals surface area contributed by atoms with Crippen molar-refractivity contribution in [3.05, 3.63) is 133 Å². The number of thiazole rings is 1. The minimum Gasteiger partial charge on any atom is -0.494 e. The molecule has 3 heterocycles. The molecule has 8 nitrogen and oxygen atoms in total. The van der Waals surface area contributed by atoms with Gasteiger partial charge in [-0.15, -0.1) is 0 Å². The highest BCUT2D eigenvalue weighted by atomic mass is 32.1. The van der Waals surface area contributed by atoms with E-state index in [9.17, 15) is 9.59 Å². The maximum Gasteiger partial charge on any atom is 0.296 e. The molecule has 9 heteroatoms. The maximum atomic E-state index is 13.5. The molecule has 0 N–H and O–H groups in total. The third kappa shape index (κ3) is 5.64. The van der Waals surface area contributed by atoms with Gasteiger partial charge in [-0.1, -0.05) is 73.2 Å². The molecular formula is C33H29N5O3S. The standard InChI is InChI=1S/C33H29N5O3S/c1-3-4-17-41-26-15-16-27(22(2)18-26)30-24(21-37(36-30)25-13-9-6-10-14-25)20-29-32(40)38-33(42-29)34-31(39)28(35-38)19-23-11-7-5-8-12-23/h5-16,18,20-21H,3-4,17,19H2,1-2H3/b29-20-. The zero-order chi connectivity index (χ0) is 29.1. The molecule has 0 radical (unpaired) electrons. The van der Waals surface area contributed by atoms with Gasteiger partial charge >= 0.3 is 0 Å². The van der Waals surface area contributed by atoms with Crippen LogP contribution in [0.15, 0.2) is 94.6 Å². The average Bonchev–Trinajstić information content (AvgIpc) is 3.55. The number of hydrogen-bond acceptors (Lipinski definition) is 7. The predicted octanol–water partition coefficient (Wildman–Crippen LogP) is 4.99. The third-order valence-electron chi connectivity index (χ3n) is 6.93. The summed E-state index contributed by atoms with van der Waals surface area (Å²) in [5.74, 6) is 0.817. The van der Waals surface area contributed by atoms with Crippen molar-refractivity contribution in [3.8, 4) is 22.7 Å². The first-order valence-electron chi connectivity index (χ1n) is 13.9. The molecule has 0 aliphatic carbocycles. The first-order valence-corrected chi connectivity index (χ1v) is 14.7. The van der Waals surface area contributed by atoms with E-state index < -0.39 is 5.56 Å².